The van der Waals surface area contributed by atoms with Gasteiger partial charge in [0.25, 0.3) is 0 Å². The first-order chi connectivity index (χ1) is 14.6. The summed E-state index contributed by atoms with van der Waals surface area (Å²) in [5.74, 6) is 13.2. The number of hydrogen-bond donors (Lipinski definition) is 3. The molecule has 0 amide bonds. The van der Waals surface area contributed by atoms with Gasteiger partial charge in [0.15, 0.2) is 7.94 Å². The van der Waals surface area contributed by atoms with E-state index in [1.54, 1.807) is 0 Å². The molecule has 1 unspecified atom stereocenters. The third-order valence-electron chi connectivity index (χ3n) is 5.32. The molecule has 3 N–H and O–H groups in total. The van der Waals surface area contributed by atoms with Crippen molar-refractivity contribution in [1.29, 1.82) is 5.16 Å². The van der Waals surface area contributed by atoms with E-state index < -0.39 is 7.94 Å². The number of hydrogen-bond acceptors (Lipinski definition) is 4. The van der Waals surface area contributed by atoms with E-state index in [0.717, 1.165) is 25.7 Å². The smallest absolute Gasteiger partial charge is 0.159 e. The van der Waals surface area contributed by atoms with E-state index in [1.807, 2.05) is 0 Å². The van der Waals surface area contributed by atoms with Crippen molar-refractivity contribution in [1.82, 2.24) is 5.32 Å². The molecule has 5 heteroatoms. The average Bonchev–Trinajstić information content (AvgIpc) is 2.74. The van der Waals surface area contributed by atoms with Crippen molar-refractivity contribution in [2.45, 2.75) is 116 Å². The molecule has 0 heterocycles. The van der Waals surface area contributed by atoms with Crippen molar-refractivity contribution < 1.29 is 10.00 Å². The highest BCUT2D eigenvalue weighted by Gasteiger charge is 2.29. The maximum Gasteiger partial charge on any atom is 0.159 e. The van der Waals surface area contributed by atoms with Crippen LogP contribution < -0.4 is 10.2 Å². The first-order valence-electron chi connectivity index (χ1n) is 12.0. The van der Waals surface area contributed by atoms with Gasteiger partial charge in [-0.3, -0.25) is 0 Å². The van der Waals surface area contributed by atoms with E-state index in [1.165, 1.54) is 51.4 Å². The van der Waals surface area contributed by atoms with Crippen LogP contribution >= 0.6 is 7.94 Å². The molecule has 0 spiro atoms. The lowest BCUT2D eigenvalue weighted by Crippen LogP contribution is -2.46. The number of nitrogens with one attached hydrogen (secondary N) is 2. The van der Waals surface area contributed by atoms with Crippen LogP contribution in [0.4, 0.5) is 0 Å². The van der Waals surface area contributed by atoms with Gasteiger partial charge in [0.1, 0.15) is 6.16 Å². The van der Waals surface area contributed by atoms with Crippen molar-refractivity contribution in [3.8, 4) is 23.7 Å². The zero-order valence-corrected chi connectivity index (χ0v) is 20.4. The SMILES string of the molecule is CCCCCCCC#CCC(CC#CCCCCCCC)(CC[P+](=N)[O-])NCCO. The van der Waals surface area contributed by atoms with Crippen molar-refractivity contribution >= 4 is 7.94 Å². The minimum Gasteiger partial charge on any atom is -0.612 e. The van der Waals surface area contributed by atoms with Gasteiger partial charge in [0.05, 0.1) is 6.61 Å². The minimum atomic E-state index is -1.94. The van der Waals surface area contributed by atoms with Crippen LogP contribution in [0.15, 0.2) is 0 Å². The van der Waals surface area contributed by atoms with Crippen LogP contribution in [-0.4, -0.2) is 30.0 Å². The topological polar surface area (TPSA) is 79.2 Å². The lowest BCUT2D eigenvalue weighted by Gasteiger charge is -2.31. The van der Waals surface area contributed by atoms with Gasteiger partial charge in [0.2, 0.25) is 0 Å². The number of unbranched alkanes of at least 4 members (excludes halogenated alkanes) is 10. The second-order valence-corrected chi connectivity index (χ2v) is 9.38. The Bertz CT molecular complexity index is 509. The molecule has 1 atom stereocenters. The standard InChI is InChI=1S/C25H45N2O2P/c1-3-5-7-9-11-13-15-17-19-25(27-22-23-28,21-24-30(26)29)20-18-16-14-12-10-8-6-4-2/h26-28H,3-14,19-24H2,1-2H3. The summed E-state index contributed by atoms with van der Waals surface area (Å²) in [5, 5.41) is 20.2. The molecule has 0 aliphatic rings. The van der Waals surface area contributed by atoms with Crippen LogP contribution in [0.5, 0.6) is 0 Å². The highest BCUT2D eigenvalue weighted by atomic mass is 31.1. The third-order valence-corrected chi connectivity index (χ3v) is 5.95. The number of aliphatic hydroxyl groups is 1. The first-order valence-corrected chi connectivity index (χ1v) is 13.5. The summed E-state index contributed by atoms with van der Waals surface area (Å²) >= 11 is 0. The summed E-state index contributed by atoms with van der Waals surface area (Å²) in [6.07, 6.45) is 16.4. The van der Waals surface area contributed by atoms with Crippen molar-refractivity contribution in [3.05, 3.63) is 0 Å². The van der Waals surface area contributed by atoms with Crippen molar-refractivity contribution in [3.63, 3.8) is 0 Å². The maximum atomic E-state index is 11.4. The highest BCUT2D eigenvalue weighted by molar-refractivity contribution is 7.37. The fourth-order valence-electron chi connectivity index (χ4n) is 3.36. The Morgan fingerprint density at radius 2 is 1.33 bits per heavy atom. The predicted octanol–water partition coefficient (Wildman–Crippen LogP) is 5.72. The molecule has 0 aromatic heterocycles. The molecule has 0 saturated heterocycles. The van der Waals surface area contributed by atoms with Crippen LogP contribution in [0.2, 0.25) is 0 Å². The Balaban J connectivity index is 4.77. The Hall–Kier alpha value is -0.900. The molecular weight excluding hydrogens is 391 g/mol. The quantitative estimate of drug-likeness (QED) is 0.146. The molecule has 0 aliphatic heterocycles. The van der Waals surface area contributed by atoms with Crippen LogP contribution in [0, 0.1) is 28.8 Å². The number of rotatable bonds is 18. The molecule has 172 valence electrons. The van der Waals surface area contributed by atoms with Gasteiger partial charge in [-0.2, -0.15) is 0 Å². The molecule has 30 heavy (non-hydrogen) atoms. The molecule has 0 aromatic carbocycles. The van der Waals surface area contributed by atoms with E-state index >= 15 is 0 Å². The molecule has 0 aliphatic carbocycles. The van der Waals surface area contributed by atoms with Crippen LogP contribution in [0.3, 0.4) is 0 Å². The third kappa shape index (κ3) is 17.9. The normalized spacial score (nSPS) is 11.4. The van der Waals surface area contributed by atoms with E-state index in [4.69, 9.17) is 5.16 Å². The highest BCUT2D eigenvalue weighted by Crippen LogP contribution is 2.24. The fourth-order valence-corrected chi connectivity index (χ4v) is 3.99. The Labute approximate surface area is 187 Å². The van der Waals surface area contributed by atoms with Crippen LogP contribution in [0.25, 0.3) is 0 Å². The van der Waals surface area contributed by atoms with Gasteiger partial charge in [-0.1, -0.05) is 65.2 Å². The van der Waals surface area contributed by atoms with Crippen molar-refractivity contribution in [2.24, 2.45) is 0 Å². The molecule has 0 bridgehead atoms. The Morgan fingerprint density at radius 3 is 1.77 bits per heavy atom. The second kappa shape index (κ2) is 21.3. The predicted molar refractivity (Wildman–Crippen MR) is 128 cm³/mol. The summed E-state index contributed by atoms with van der Waals surface area (Å²) in [5.41, 5.74) is -0.390. The largest absolute Gasteiger partial charge is 0.612 e. The summed E-state index contributed by atoms with van der Waals surface area (Å²) in [6.45, 7) is 4.95. The minimum absolute atomic E-state index is 0.0461. The lowest BCUT2D eigenvalue weighted by molar-refractivity contribution is -0.156. The van der Waals surface area contributed by atoms with Crippen molar-refractivity contribution in [2.75, 3.05) is 19.3 Å². The zero-order chi connectivity index (χ0) is 22.3. The summed E-state index contributed by atoms with van der Waals surface area (Å²) in [6, 6.07) is 0. The molecule has 0 fully saturated rings. The maximum absolute atomic E-state index is 11.4. The van der Waals surface area contributed by atoms with Gasteiger partial charge >= 0.3 is 0 Å². The molecule has 0 rings (SSSR count). The second-order valence-electron chi connectivity index (χ2n) is 8.17. The van der Waals surface area contributed by atoms with Gasteiger partial charge < -0.3 is 15.3 Å². The van der Waals surface area contributed by atoms with E-state index in [2.05, 4.69) is 42.8 Å². The Morgan fingerprint density at radius 1 is 0.833 bits per heavy atom. The lowest BCUT2D eigenvalue weighted by atomic mass is 9.88. The molecule has 0 saturated carbocycles. The number of β-amino-alcohol motifs (C(OH)–C–C–N with tert-alkyl or cyclic N) is 1. The Kier molecular flexibility index (Phi) is 20.7. The van der Waals surface area contributed by atoms with Crippen LogP contribution in [-0.2, 0) is 0 Å². The fraction of sp³-hybridized carbons (Fsp3) is 0.840. The summed E-state index contributed by atoms with van der Waals surface area (Å²) < 4.78 is 0. The van der Waals surface area contributed by atoms with E-state index in [-0.39, 0.29) is 12.1 Å². The van der Waals surface area contributed by atoms with Gasteiger partial charge in [0, 0.05) is 44.2 Å². The van der Waals surface area contributed by atoms with Gasteiger partial charge in [-0.15, -0.1) is 28.8 Å². The van der Waals surface area contributed by atoms with Gasteiger partial charge in [-0.05, 0) is 12.8 Å². The van der Waals surface area contributed by atoms with Gasteiger partial charge in [-0.25, -0.2) is 0 Å². The average molecular weight is 437 g/mol. The molecular formula is C25H45N2O2P. The number of aliphatic hydroxyl groups excluding tert-OH is 1. The molecule has 4 nitrogen and oxygen atoms in total. The monoisotopic (exact) mass is 436 g/mol. The van der Waals surface area contributed by atoms with Crippen LogP contribution in [0.1, 0.15) is 110 Å². The summed E-state index contributed by atoms with van der Waals surface area (Å²) in [7, 11) is -1.94. The summed E-state index contributed by atoms with van der Waals surface area (Å²) in [4.78, 5) is 11.4. The molecule has 0 radical (unpaired) electrons. The molecule has 0 aromatic rings. The first kappa shape index (κ1) is 29.1. The van der Waals surface area contributed by atoms with E-state index in [0.29, 0.717) is 32.0 Å². The zero-order valence-electron chi connectivity index (χ0n) is 19.5. The van der Waals surface area contributed by atoms with E-state index in [9.17, 15) is 10.00 Å².